The SMILES string of the molecule is Cc1ccn(C(C)CN(C)C)c(=O)c1C(=O)NCc1ccc2c(c1)OCO2. The summed E-state index contributed by atoms with van der Waals surface area (Å²) in [6, 6.07) is 7.28. The van der Waals surface area contributed by atoms with Gasteiger partial charge in [-0.25, -0.2) is 0 Å². The van der Waals surface area contributed by atoms with Crippen molar-refractivity contribution in [2.75, 3.05) is 27.4 Å². The van der Waals surface area contributed by atoms with Crippen LogP contribution in [0.4, 0.5) is 0 Å². The van der Waals surface area contributed by atoms with Crippen molar-refractivity contribution in [2.24, 2.45) is 0 Å². The van der Waals surface area contributed by atoms with Gasteiger partial charge in [-0.3, -0.25) is 9.59 Å². The van der Waals surface area contributed by atoms with Gasteiger partial charge in [0.1, 0.15) is 5.56 Å². The first-order valence-electron chi connectivity index (χ1n) is 8.90. The normalized spacial score (nSPS) is 13.7. The van der Waals surface area contributed by atoms with Crippen LogP contribution in [0.1, 0.15) is 34.5 Å². The highest BCUT2D eigenvalue weighted by molar-refractivity contribution is 5.95. The number of rotatable bonds is 6. The Balaban J connectivity index is 1.77. The molecule has 2 aromatic rings. The van der Waals surface area contributed by atoms with Crippen LogP contribution in [-0.4, -0.2) is 42.8 Å². The molecular weight excluding hydrogens is 346 g/mol. The van der Waals surface area contributed by atoms with Crippen molar-refractivity contribution < 1.29 is 14.3 Å². The number of ether oxygens (including phenoxy) is 2. The van der Waals surface area contributed by atoms with Gasteiger partial charge in [0.25, 0.3) is 11.5 Å². The largest absolute Gasteiger partial charge is 0.454 e. The van der Waals surface area contributed by atoms with Crippen LogP contribution in [0.25, 0.3) is 0 Å². The third-order valence-electron chi connectivity index (χ3n) is 4.55. The highest BCUT2D eigenvalue weighted by Gasteiger charge is 2.19. The van der Waals surface area contributed by atoms with Crippen LogP contribution in [0.3, 0.4) is 0 Å². The van der Waals surface area contributed by atoms with Gasteiger partial charge >= 0.3 is 0 Å². The summed E-state index contributed by atoms with van der Waals surface area (Å²) in [4.78, 5) is 27.6. The second-order valence-corrected chi connectivity index (χ2v) is 7.07. The molecule has 0 saturated heterocycles. The molecule has 2 heterocycles. The fourth-order valence-electron chi connectivity index (χ4n) is 3.20. The fourth-order valence-corrected chi connectivity index (χ4v) is 3.20. The molecule has 0 bridgehead atoms. The van der Waals surface area contributed by atoms with Crippen LogP contribution >= 0.6 is 0 Å². The minimum absolute atomic E-state index is 0.0338. The van der Waals surface area contributed by atoms with Crippen LogP contribution in [0, 0.1) is 6.92 Å². The van der Waals surface area contributed by atoms with E-state index in [4.69, 9.17) is 9.47 Å². The van der Waals surface area contributed by atoms with E-state index in [1.807, 2.05) is 50.2 Å². The second kappa shape index (κ2) is 7.84. The zero-order chi connectivity index (χ0) is 19.6. The average Bonchev–Trinajstić information content (AvgIpc) is 3.07. The van der Waals surface area contributed by atoms with E-state index >= 15 is 0 Å². The molecule has 1 aliphatic rings. The number of aromatic nitrogens is 1. The van der Waals surface area contributed by atoms with Crippen molar-refractivity contribution in [2.45, 2.75) is 26.4 Å². The summed E-state index contributed by atoms with van der Waals surface area (Å²) in [5.74, 6) is 0.987. The molecule has 1 unspecified atom stereocenters. The molecule has 1 amide bonds. The number of likely N-dealkylation sites (N-methyl/N-ethyl adjacent to an activating group) is 1. The molecule has 1 N–H and O–H groups in total. The van der Waals surface area contributed by atoms with E-state index < -0.39 is 0 Å². The molecule has 7 nitrogen and oxygen atoms in total. The molecule has 7 heteroatoms. The summed E-state index contributed by atoms with van der Waals surface area (Å²) in [5.41, 5.74) is 1.45. The van der Waals surface area contributed by atoms with Crippen molar-refractivity contribution >= 4 is 5.91 Å². The van der Waals surface area contributed by atoms with Crippen molar-refractivity contribution in [3.8, 4) is 11.5 Å². The van der Waals surface area contributed by atoms with Crippen molar-refractivity contribution in [1.29, 1.82) is 0 Å². The lowest BCUT2D eigenvalue weighted by atomic mass is 10.1. The molecule has 3 rings (SSSR count). The number of fused-ring (bicyclic) bond motifs is 1. The zero-order valence-electron chi connectivity index (χ0n) is 16.1. The monoisotopic (exact) mass is 371 g/mol. The van der Waals surface area contributed by atoms with Crippen LogP contribution in [0.2, 0.25) is 0 Å². The highest BCUT2D eigenvalue weighted by atomic mass is 16.7. The average molecular weight is 371 g/mol. The maximum absolute atomic E-state index is 12.9. The molecule has 0 radical (unpaired) electrons. The minimum Gasteiger partial charge on any atom is -0.454 e. The van der Waals surface area contributed by atoms with Gasteiger partial charge in [0.15, 0.2) is 11.5 Å². The Morgan fingerprint density at radius 2 is 2.00 bits per heavy atom. The number of hydrogen-bond acceptors (Lipinski definition) is 5. The van der Waals surface area contributed by atoms with E-state index in [9.17, 15) is 9.59 Å². The quantitative estimate of drug-likeness (QED) is 0.840. The van der Waals surface area contributed by atoms with Gasteiger partial charge in [-0.05, 0) is 57.3 Å². The number of nitrogens with one attached hydrogen (secondary N) is 1. The predicted molar refractivity (Wildman–Crippen MR) is 102 cm³/mol. The number of pyridine rings is 1. The smallest absolute Gasteiger partial charge is 0.263 e. The summed E-state index contributed by atoms with van der Waals surface area (Å²) >= 11 is 0. The molecule has 0 saturated carbocycles. The predicted octanol–water partition coefficient (Wildman–Crippen LogP) is 1.94. The Morgan fingerprint density at radius 3 is 2.74 bits per heavy atom. The first-order valence-corrected chi connectivity index (χ1v) is 8.90. The van der Waals surface area contributed by atoms with Crippen LogP contribution in [-0.2, 0) is 6.54 Å². The zero-order valence-corrected chi connectivity index (χ0v) is 16.1. The van der Waals surface area contributed by atoms with Crippen molar-refractivity contribution in [1.82, 2.24) is 14.8 Å². The minimum atomic E-state index is -0.374. The molecule has 1 aromatic carbocycles. The Morgan fingerprint density at radius 1 is 1.26 bits per heavy atom. The summed E-state index contributed by atoms with van der Waals surface area (Å²) in [6.45, 7) is 4.96. The van der Waals surface area contributed by atoms with Crippen molar-refractivity contribution in [3.05, 3.63) is 57.5 Å². The molecule has 0 aliphatic carbocycles. The maximum atomic E-state index is 12.9. The lowest BCUT2D eigenvalue weighted by Crippen LogP contribution is -2.36. The molecular formula is C20H25N3O4. The fraction of sp³-hybridized carbons (Fsp3) is 0.400. The molecule has 27 heavy (non-hydrogen) atoms. The highest BCUT2D eigenvalue weighted by Crippen LogP contribution is 2.32. The Labute approximate surface area is 158 Å². The lowest BCUT2D eigenvalue weighted by molar-refractivity contribution is 0.0947. The molecule has 0 spiro atoms. The standard InChI is InChI=1S/C20H25N3O4/c1-13-7-8-23(14(2)11-22(3)4)20(25)18(13)19(24)21-10-15-5-6-16-17(9-15)27-12-26-16/h5-9,14H,10-12H2,1-4H3,(H,21,24). The number of aryl methyl sites for hydroxylation is 1. The second-order valence-electron chi connectivity index (χ2n) is 7.07. The topological polar surface area (TPSA) is 72.8 Å². The van der Waals surface area contributed by atoms with Crippen LogP contribution < -0.4 is 20.3 Å². The van der Waals surface area contributed by atoms with Gasteiger partial charge in [-0.2, -0.15) is 0 Å². The van der Waals surface area contributed by atoms with E-state index in [1.54, 1.807) is 17.7 Å². The van der Waals surface area contributed by atoms with Crippen LogP contribution in [0.15, 0.2) is 35.3 Å². The molecule has 144 valence electrons. The first-order chi connectivity index (χ1) is 12.9. The van der Waals surface area contributed by atoms with Crippen LogP contribution in [0.5, 0.6) is 11.5 Å². The van der Waals surface area contributed by atoms with E-state index in [2.05, 4.69) is 5.32 Å². The molecule has 1 aromatic heterocycles. The van der Waals surface area contributed by atoms with Gasteiger partial charge in [0.05, 0.1) is 0 Å². The maximum Gasteiger partial charge on any atom is 0.263 e. The number of amides is 1. The summed E-state index contributed by atoms with van der Waals surface area (Å²) in [6.07, 6.45) is 1.75. The van der Waals surface area contributed by atoms with E-state index in [1.165, 1.54) is 0 Å². The molecule has 1 aliphatic heterocycles. The Hall–Kier alpha value is -2.80. The lowest BCUT2D eigenvalue weighted by Gasteiger charge is -2.20. The third kappa shape index (κ3) is 4.14. The van der Waals surface area contributed by atoms with Gasteiger partial charge < -0.3 is 24.3 Å². The van der Waals surface area contributed by atoms with Gasteiger partial charge in [-0.15, -0.1) is 0 Å². The Kier molecular flexibility index (Phi) is 5.51. The molecule has 1 atom stereocenters. The Bertz CT molecular complexity index is 905. The van der Waals surface area contributed by atoms with Gasteiger partial charge in [0, 0.05) is 25.3 Å². The van der Waals surface area contributed by atoms with Gasteiger partial charge in [-0.1, -0.05) is 6.07 Å². The first kappa shape index (κ1) is 19.0. The van der Waals surface area contributed by atoms with E-state index in [-0.39, 0.29) is 29.9 Å². The number of hydrogen-bond donors (Lipinski definition) is 1. The third-order valence-corrected chi connectivity index (χ3v) is 4.55. The summed E-state index contributed by atoms with van der Waals surface area (Å²) in [7, 11) is 3.91. The molecule has 0 fully saturated rings. The number of carbonyl (C=O) groups is 1. The summed E-state index contributed by atoms with van der Waals surface area (Å²) in [5, 5.41) is 2.84. The van der Waals surface area contributed by atoms with E-state index in [0.717, 1.165) is 5.56 Å². The number of benzene rings is 1. The van der Waals surface area contributed by atoms with Crippen molar-refractivity contribution in [3.63, 3.8) is 0 Å². The summed E-state index contributed by atoms with van der Waals surface area (Å²) < 4.78 is 12.2. The number of nitrogens with zero attached hydrogens (tertiary/aromatic N) is 2. The number of carbonyl (C=O) groups excluding carboxylic acids is 1. The van der Waals surface area contributed by atoms with Gasteiger partial charge in [0.2, 0.25) is 6.79 Å². The van der Waals surface area contributed by atoms with E-state index in [0.29, 0.717) is 30.2 Å².